The number of carbonyl (C=O) groups is 2. The Bertz CT molecular complexity index is 748. The van der Waals surface area contributed by atoms with Crippen molar-refractivity contribution >= 4 is 11.9 Å². The second-order valence-electron chi connectivity index (χ2n) is 6.09. The van der Waals surface area contributed by atoms with E-state index < -0.39 is 17.4 Å². The van der Waals surface area contributed by atoms with Crippen LogP contribution in [-0.2, 0) is 16.1 Å². The minimum atomic E-state index is -0.953. The molecule has 0 bridgehead atoms. The van der Waals surface area contributed by atoms with Crippen LogP contribution in [0.5, 0.6) is 0 Å². The summed E-state index contributed by atoms with van der Waals surface area (Å²) in [5, 5.41) is 2.80. The highest BCUT2D eigenvalue weighted by Crippen LogP contribution is 2.34. The average molecular weight is 328 g/mol. The molecule has 1 aromatic carbocycles. The number of rotatable bonds is 5. The van der Waals surface area contributed by atoms with E-state index in [4.69, 9.17) is 9.15 Å². The summed E-state index contributed by atoms with van der Waals surface area (Å²) in [5.41, 5.74) is 0.176. The van der Waals surface area contributed by atoms with Gasteiger partial charge < -0.3 is 14.5 Å². The number of aryl methyl sites for hydroxylation is 2. The third-order valence-corrected chi connectivity index (χ3v) is 4.28. The highest BCUT2D eigenvalue weighted by molar-refractivity contribution is 5.97. The summed E-state index contributed by atoms with van der Waals surface area (Å²) >= 11 is 0. The molecule has 0 spiro atoms. The Morgan fingerprint density at radius 1 is 1.25 bits per heavy atom. The number of nitrogens with zero attached hydrogens (tertiary/aromatic N) is 1. The standard InChI is InChI=1S/C18H20N2O4/c1-12-15(19-13(2)24-12)16(21)20-18(9-6-10-18)17(22)23-11-14-7-4-3-5-8-14/h3-5,7-8H,6,9-11H2,1-2H3,(H,20,21). The minimum absolute atomic E-state index is 0.194. The zero-order chi connectivity index (χ0) is 17.2. The SMILES string of the molecule is Cc1nc(C(=O)NC2(C(=O)OCc3ccccc3)CCC2)c(C)o1. The zero-order valence-electron chi connectivity index (χ0n) is 13.8. The van der Waals surface area contributed by atoms with Crippen LogP contribution in [-0.4, -0.2) is 22.4 Å². The van der Waals surface area contributed by atoms with Gasteiger partial charge in [0.05, 0.1) is 0 Å². The molecule has 3 rings (SSSR count). The largest absolute Gasteiger partial charge is 0.459 e. The van der Waals surface area contributed by atoms with Crippen LogP contribution in [0, 0.1) is 13.8 Å². The van der Waals surface area contributed by atoms with Crippen LogP contribution in [0.2, 0.25) is 0 Å². The van der Waals surface area contributed by atoms with Gasteiger partial charge in [-0.05, 0) is 31.7 Å². The molecule has 1 aromatic heterocycles. The first-order valence-corrected chi connectivity index (χ1v) is 7.98. The van der Waals surface area contributed by atoms with Crippen molar-refractivity contribution in [2.24, 2.45) is 0 Å². The molecule has 24 heavy (non-hydrogen) atoms. The third kappa shape index (κ3) is 3.18. The molecule has 1 aliphatic carbocycles. The zero-order valence-corrected chi connectivity index (χ0v) is 13.8. The first-order chi connectivity index (χ1) is 11.5. The number of hydrogen-bond acceptors (Lipinski definition) is 5. The Balaban J connectivity index is 1.66. The number of aromatic nitrogens is 1. The number of benzene rings is 1. The number of nitrogens with one attached hydrogen (secondary N) is 1. The maximum Gasteiger partial charge on any atom is 0.332 e. The second kappa shape index (κ2) is 6.47. The normalized spacial score (nSPS) is 15.4. The molecule has 1 heterocycles. The van der Waals surface area contributed by atoms with Gasteiger partial charge in [-0.15, -0.1) is 0 Å². The average Bonchev–Trinajstić information content (AvgIpc) is 2.88. The Morgan fingerprint density at radius 3 is 2.50 bits per heavy atom. The lowest BCUT2D eigenvalue weighted by atomic mass is 9.76. The number of amides is 1. The van der Waals surface area contributed by atoms with E-state index in [1.807, 2.05) is 30.3 Å². The van der Waals surface area contributed by atoms with E-state index >= 15 is 0 Å². The lowest BCUT2D eigenvalue weighted by molar-refractivity contribution is -0.156. The van der Waals surface area contributed by atoms with E-state index in [0.717, 1.165) is 12.0 Å². The van der Waals surface area contributed by atoms with Crippen molar-refractivity contribution < 1.29 is 18.7 Å². The van der Waals surface area contributed by atoms with Crippen molar-refractivity contribution in [2.75, 3.05) is 0 Å². The van der Waals surface area contributed by atoms with Gasteiger partial charge in [-0.25, -0.2) is 9.78 Å². The molecule has 126 valence electrons. The van der Waals surface area contributed by atoms with E-state index in [1.165, 1.54) is 0 Å². The Morgan fingerprint density at radius 2 is 1.96 bits per heavy atom. The van der Waals surface area contributed by atoms with Crippen molar-refractivity contribution in [2.45, 2.75) is 45.3 Å². The van der Waals surface area contributed by atoms with Gasteiger partial charge in [0.25, 0.3) is 5.91 Å². The summed E-state index contributed by atoms with van der Waals surface area (Å²) in [7, 11) is 0. The summed E-state index contributed by atoms with van der Waals surface area (Å²) in [6.07, 6.45) is 2.02. The molecule has 0 unspecified atom stereocenters. The number of esters is 1. The van der Waals surface area contributed by atoms with Crippen molar-refractivity contribution in [3.63, 3.8) is 0 Å². The van der Waals surface area contributed by atoms with E-state index in [0.29, 0.717) is 24.5 Å². The molecule has 0 radical (unpaired) electrons. The smallest absolute Gasteiger partial charge is 0.332 e. The fraction of sp³-hybridized carbons (Fsp3) is 0.389. The Labute approximate surface area is 140 Å². The van der Waals surface area contributed by atoms with Crippen LogP contribution >= 0.6 is 0 Å². The van der Waals surface area contributed by atoms with Gasteiger partial charge in [-0.3, -0.25) is 4.79 Å². The van der Waals surface area contributed by atoms with Crippen LogP contribution in [0.25, 0.3) is 0 Å². The molecule has 1 aliphatic rings. The Kier molecular flexibility index (Phi) is 4.38. The molecule has 2 aromatic rings. The number of hydrogen-bond donors (Lipinski definition) is 1. The summed E-state index contributed by atoms with van der Waals surface area (Å²) in [6.45, 7) is 3.55. The first kappa shape index (κ1) is 16.2. The fourth-order valence-electron chi connectivity index (χ4n) is 2.79. The van der Waals surface area contributed by atoms with E-state index in [9.17, 15) is 9.59 Å². The van der Waals surface area contributed by atoms with Crippen molar-refractivity contribution in [1.29, 1.82) is 0 Å². The van der Waals surface area contributed by atoms with Gasteiger partial charge in [-0.2, -0.15) is 0 Å². The number of ether oxygens (including phenoxy) is 1. The highest BCUT2D eigenvalue weighted by Gasteiger charge is 2.47. The minimum Gasteiger partial charge on any atom is -0.459 e. The molecule has 6 heteroatoms. The van der Waals surface area contributed by atoms with Crippen LogP contribution in [0.4, 0.5) is 0 Å². The Hall–Kier alpha value is -2.63. The van der Waals surface area contributed by atoms with Crippen LogP contribution in [0.3, 0.4) is 0 Å². The van der Waals surface area contributed by atoms with Gasteiger partial charge in [0, 0.05) is 6.92 Å². The molecular formula is C18H20N2O4. The first-order valence-electron chi connectivity index (χ1n) is 7.98. The monoisotopic (exact) mass is 328 g/mol. The number of carbonyl (C=O) groups excluding carboxylic acids is 2. The molecule has 0 saturated heterocycles. The van der Waals surface area contributed by atoms with Crippen molar-refractivity contribution in [3.05, 3.63) is 53.2 Å². The maximum atomic E-state index is 12.5. The van der Waals surface area contributed by atoms with Gasteiger partial charge >= 0.3 is 5.97 Å². The van der Waals surface area contributed by atoms with E-state index in [1.54, 1.807) is 13.8 Å². The van der Waals surface area contributed by atoms with E-state index in [-0.39, 0.29) is 12.3 Å². The fourth-order valence-corrected chi connectivity index (χ4v) is 2.79. The molecular weight excluding hydrogens is 308 g/mol. The molecule has 6 nitrogen and oxygen atoms in total. The van der Waals surface area contributed by atoms with Gasteiger partial charge in [0.1, 0.15) is 17.9 Å². The van der Waals surface area contributed by atoms with Gasteiger partial charge in [-0.1, -0.05) is 30.3 Å². The topological polar surface area (TPSA) is 81.4 Å². The highest BCUT2D eigenvalue weighted by atomic mass is 16.5. The molecule has 1 saturated carbocycles. The predicted molar refractivity (Wildman–Crippen MR) is 86.3 cm³/mol. The summed E-state index contributed by atoms with van der Waals surface area (Å²) in [4.78, 5) is 29.0. The molecule has 1 fully saturated rings. The lowest BCUT2D eigenvalue weighted by Crippen LogP contribution is -2.59. The quantitative estimate of drug-likeness (QED) is 0.853. The van der Waals surface area contributed by atoms with Crippen molar-refractivity contribution in [3.8, 4) is 0 Å². The maximum absolute atomic E-state index is 12.5. The predicted octanol–water partition coefficient (Wildman–Crippen LogP) is 2.69. The summed E-state index contributed by atoms with van der Waals surface area (Å²) in [5.74, 6) is 0.0635. The van der Waals surface area contributed by atoms with Crippen LogP contribution in [0.15, 0.2) is 34.7 Å². The van der Waals surface area contributed by atoms with Crippen LogP contribution in [0.1, 0.15) is 47.0 Å². The lowest BCUT2D eigenvalue weighted by Gasteiger charge is -2.39. The molecule has 1 amide bonds. The molecule has 1 N–H and O–H groups in total. The molecule has 0 atom stereocenters. The van der Waals surface area contributed by atoms with Crippen molar-refractivity contribution in [1.82, 2.24) is 10.3 Å². The summed E-state index contributed by atoms with van der Waals surface area (Å²) in [6, 6.07) is 9.46. The number of oxazole rings is 1. The van der Waals surface area contributed by atoms with E-state index in [2.05, 4.69) is 10.3 Å². The third-order valence-electron chi connectivity index (χ3n) is 4.28. The van der Waals surface area contributed by atoms with Gasteiger partial charge in [0.2, 0.25) is 0 Å². The van der Waals surface area contributed by atoms with Crippen LogP contribution < -0.4 is 5.32 Å². The van der Waals surface area contributed by atoms with Gasteiger partial charge in [0.15, 0.2) is 11.6 Å². The molecule has 0 aliphatic heterocycles. The second-order valence-corrected chi connectivity index (χ2v) is 6.09. The summed E-state index contributed by atoms with van der Waals surface area (Å²) < 4.78 is 10.7.